The van der Waals surface area contributed by atoms with Gasteiger partial charge in [0.05, 0.1) is 12.1 Å². The van der Waals surface area contributed by atoms with Gasteiger partial charge in [-0.1, -0.05) is 11.6 Å². The Balaban J connectivity index is 3.32. The first-order valence-corrected chi connectivity index (χ1v) is 4.43. The molecule has 0 heterocycles. The third kappa shape index (κ3) is 1.91. The summed E-state index contributed by atoms with van der Waals surface area (Å²) in [6.45, 7) is 0.257. The van der Waals surface area contributed by atoms with Crippen molar-refractivity contribution in [2.24, 2.45) is 5.73 Å². The third-order valence-corrected chi connectivity index (χ3v) is 2.12. The van der Waals surface area contributed by atoms with Crippen LogP contribution in [0.25, 0.3) is 0 Å². The summed E-state index contributed by atoms with van der Waals surface area (Å²) >= 11 is 5.55. The summed E-state index contributed by atoms with van der Waals surface area (Å²) in [4.78, 5) is 0. The van der Waals surface area contributed by atoms with Crippen molar-refractivity contribution in [1.29, 1.82) is 0 Å². The third-order valence-electron chi connectivity index (χ3n) is 1.84. The molecule has 0 aromatic heterocycles. The van der Waals surface area contributed by atoms with E-state index in [1.165, 1.54) is 7.11 Å². The van der Waals surface area contributed by atoms with E-state index in [0.29, 0.717) is 0 Å². The molecule has 3 N–H and O–H groups in total. The van der Waals surface area contributed by atoms with Gasteiger partial charge in [-0.15, -0.1) is 0 Å². The molecule has 0 unspecified atom stereocenters. The zero-order valence-corrected chi connectivity index (χ0v) is 8.44. The van der Waals surface area contributed by atoms with Crippen LogP contribution < -0.4 is 10.5 Å². The highest BCUT2D eigenvalue weighted by Crippen LogP contribution is 2.36. The van der Waals surface area contributed by atoms with E-state index in [9.17, 15) is 9.50 Å². The average molecular weight is 220 g/mol. The molecule has 0 amide bonds. The van der Waals surface area contributed by atoms with Crippen LogP contribution in [0, 0.1) is 5.82 Å². The number of ether oxygens (including phenoxy) is 1. The second-order valence-corrected chi connectivity index (χ2v) is 3.15. The van der Waals surface area contributed by atoms with E-state index < -0.39 is 5.82 Å². The second-order valence-electron chi connectivity index (χ2n) is 2.74. The Kier molecular flexibility index (Phi) is 3.55. The van der Waals surface area contributed by atoms with E-state index >= 15 is 0 Å². The van der Waals surface area contributed by atoms with Crippen LogP contribution in [0.2, 0.25) is 5.02 Å². The van der Waals surface area contributed by atoms with Gasteiger partial charge < -0.3 is 15.6 Å². The number of halogens is 2. The first-order valence-electron chi connectivity index (χ1n) is 4.05. The molecule has 0 saturated heterocycles. The minimum atomic E-state index is -0.591. The monoisotopic (exact) mass is 219 g/mol. The molecule has 14 heavy (non-hydrogen) atoms. The van der Waals surface area contributed by atoms with Crippen LogP contribution in [0.15, 0.2) is 6.07 Å². The summed E-state index contributed by atoms with van der Waals surface area (Å²) in [6.07, 6.45) is 0.267. The molecule has 0 atom stereocenters. The molecule has 0 fully saturated rings. The van der Waals surface area contributed by atoms with Crippen LogP contribution in [-0.4, -0.2) is 18.8 Å². The summed E-state index contributed by atoms with van der Waals surface area (Å²) in [7, 11) is 1.35. The Labute approximate surface area is 86.2 Å². The molecular formula is C9H11ClFNO2. The maximum absolute atomic E-state index is 13.4. The van der Waals surface area contributed by atoms with Gasteiger partial charge in [-0.05, 0) is 13.0 Å². The lowest BCUT2D eigenvalue weighted by molar-refractivity contribution is 0.365. The fourth-order valence-electron chi connectivity index (χ4n) is 1.24. The molecular weight excluding hydrogens is 209 g/mol. The topological polar surface area (TPSA) is 55.5 Å². The normalized spacial score (nSPS) is 10.3. The molecule has 78 valence electrons. The van der Waals surface area contributed by atoms with Gasteiger partial charge in [-0.3, -0.25) is 0 Å². The highest BCUT2D eigenvalue weighted by Gasteiger charge is 2.16. The predicted molar refractivity (Wildman–Crippen MR) is 52.4 cm³/mol. The predicted octanol–water partition coefficient (Wildman–Crippen LogP) is 1.69. The van der Waals surface area contributed by atoms with Crippen LogP contribution in [0.4, 0.5) is 4.39 Å². The van der Waals surface area contributed by atoms with E-state index in [0.717, 1.165) is 6.07 Å². The minimum Gasteiger partial charge on any atom is -0.504 e. The zero-order valence-electron chi connectivity index (χ0n) is 7.68. The summed E-state index contributed by atoms with van der Waals surface area (Å²) in [5, 5.41) is 9.27. The van der Waals surface area contributed by atoms with Gasteiger partial charge in [0, 0.05) is 11.6 Å². The van der Waals surface area contributed by atoms with Crippen molar-refractivity contribution < 1.29 is 14.2 Å². The molecule has 0 aliphatic carbocycles. The number of aromatic hydroxyl groups is 1. The van der Waals surface area contributed by atoms with E-state index in [4.69, 9.17) is 22.1 Å². The minimum absolute atomic E-state index is 0.0948. The van der Waals surface area contributed by atoms with Crippen LogP contribution >= 0.6 is 11.6 Å². The SMILES string of the molecule is COc1c(O)cc(Cl)c(F)c1CCN. The fourth-order valence-corrected chi connectivity index (χ4v) is 1.46. The highest BCUT2D eigenvalue weighted by atomic mass is 35.5. The molecule has 3 nitrogen and oxygen atoms in total. The number of benzene rings is 1. The Bertz CT molecular complexity index is 344. The number of phenolic OH excluding ortho intramolecular Hbond substituents is 1. The number of rotatable bonds is 3. The van der Waals surface area contributed by atoms with Crippen LogP contribution in [-0.2, 0) is 6.42 Å². The van der Waals surface area contributed by atoms with Gasteiger partial charge in [0.1, 0.15) is 5.82 Å². The molecule has 0 radical (unpaired) electrons. The first kappa shape index (κ1) is 11.1. The Morgan fingerprint density at radius 2 is 2.29 bits per heavy atom. The van der Waals surface area contributed by atoms with Crippen molar-refractivity contribution in [3.8, 4) is 11.5 Å². The molecule has 0 aliphatic heterocycles. The maximum atomic E-state index is 13.4. The number of nitrogens with two attached hydrogens (primary N) is 1. The molecule has 1 rings (SSSR count). The lowest BCUT2D eigenvalue weighted by atomic mass is 10.1. The largest absolute Gasteiger partial charge is 0.504 e. The Morgan fingerprint density at radius 1 is 1.64 bits per heavy atom. The molecule has 0 saturated carbocycles. The number of hydrogen-bond acceptors (Lipinski definition) is 3. The van der Waals surface area contributed by atoms with Gasteiger partial charge in [0.15, 0.2) is 11.5 Å². The van der Waals surface area contributed by atoms with E-state index in [1.807, 2.05) is 0 Å². The number of phenols is 1. The summed E-state index contributed by atoms with van der Waals surface area (Å²) in [5.41, 5.74) is 5.51. The van der Waals surface area contributed by atoms with E-state index in [1.54, 1.807) is 0 Å². The lowest BCUT2D eigenvalue weighted by Gasteiger charge is -2.11. The second kappa shape index (κ2) is 4.48. The van der Waals surface area contributed by atoms with E-state index in [2.05, 4.69) is 0 Å². The molecule has 1 aromatic carbocycles. The fraction of sp³-hybridized carbons (Fsp3) is 0.333. The molecule has 0 spiro atoms. The molecule has 5 heteroatoms. The van der Waals surface area contributed by atoms with Crippen molar-refractivity contribution in [3.05, 3.63) is 22.5 Å². The smallest absolute Gasteiger partial charge is 0.166 e. The van der Waals surface area contributed by atoms with Crippen molar-refractivity contribution in [3.63, 3.8) is 0 Å². The van der Waals surface area contributed by atoms with Gasteiger partial charge in [0.25, 0.3) is 0 Å². The summed E-state index contributed by atoms with van der Waals surface area (Å²) in [6, 6.07) is 1.11. The lowest BCUT2D eigenvalue weighted by Crippen LogP contribution is -2.06. The van der Waals surface area contributed by atoms with Gasteiger partial charge in [-0.25, -0.2) is 4.39 Å². The average Bonchev–Trinajstić information content (AvgIpc) is 2.14. The quantitative estimate of drug-likeness (QED) is 0.814. The number of methoxy groups -OCH3 is 1. The maximum Gasteiger partial charge on any atom is 0.166 e. The zero-order chi connectivity index (χ0) is 10.7. The van der Waals surface area contributed by atoms with Crippen molar-refractivity contribution in [1.82, 2.24) is 0 Å². The summed E-state index contributed by atoms with van der Waals surface area (Å²) < 4.78 is 18.3. The van der Waals surface area contributed by atoms with E-state index in [-0.39, 0.29) is 35.1 Å². The van der Waals surface area contributed by atoms with Gasteiger partial charge in [-0.2, -0.15) is 0 Å². The van der Waals surface area contributed by atoms with Gasteiger partial charge >= 0.3 is 0 Å². The summed E-state index contributed by atoms with van der Waals surface area (Å²) in [5.74, 6) is -0.675. The van der Waals surface area contributed by atoms with Crippen LogP contribution in [0.5, 0.6) is 11.5 Å². The highest BCUT2D eigenvalue weighted by molar-refractivity contribution is 6.31. The van der Waals surface area contributed by atoms with Crippen molar-refractivity contribution in [2.45, 2.75) is 6.42 Å². The van der Waals surface area contributed by atoms with Crippen LogP contribution in [0.1, 0.15) is 5.56 Å². The standard InChI is InChI=1S/C9H11ClFNO2/c1-14-9-5(2-3-12)8(11)6(10)4-7(9)13/h4,13H,2-3,12H2,1H3. The Morgan fingerprint density at radius 3 is 2.79 bits per heavy atom. The molecule has 0 bridgehead atoms. The van der Waals surface area contributed by atoms with Gasteiger partial charge in [0.2, 0.25) is 0 Å². The van der Waals surface area contributed by atoms with Crippen LogP contribution in [0.3, 0.4) is 0 Å². The Hall–Kier alpha value is -1.00. The number of hydrogen-bond donors (Lipinski definition) is 2. The molecule has 0 aliphatic rings. The van der Waals surface area contributed by atoms with Crippen molar-refractivity contribution >= 4 is 11.6 Å². The molecule has 1 aromatic rings. The van der Waals surface area contributed by atoms with Crippen molar-refractivity contribution in [2.75, 3.05) is 13.7 Å². The first-order chi connectivity index (χ1) is 6.61.